The van der Waals surface area contributed by atoms with Crippen LogP contribution in [-0.4, -0.2) is 81.6 Å². The van der Waals surface area contributed by atoms with Gasteiger partial charge in [-0.05, 0) is 55.7 Å². The van der Waals surface area contributed by atoms with Crippen molar-refractivity contribution in [2.75, 3.05) is 64.1 Å². The van der Waals surface area contributed by atoms with Gasteiger partial charge in [-0.3, -0.25) is 19.3 Å². The highest BCUT2D eigenvalue weighted by Gasteiger charge is 2.26. The number of Topliss-reactive ketones (excluding diaryl/α,β-unsaturated/α-hetero) is 1. The van der Waals surface area contributed by atoms with E-state index >= 15 is 0 Å². The van der Waals surface area contributed by atoms with Gasteiger partial charge in [0.25, 0.3) is 5.91 Å². The number of benzene rings is 2. The number of morpholine rings is 1. The first-order valence-electron chi connectivity index (χ1n) is 12.8. The molecule has 2 aliphatic heterocycles. The van der Waals surface area contributed by atoms with Crippen LogP contribution in [0.4, 0.5) is 5.69 Å². The van der Waals surface area contributed by atoms with E-state index in [4.69, 9.17) is 14.2 Å². The lowest BCUT2D eigenvalue weighted by Gasteiger charge is -2.29. The van der Waals surface area contributed by atoms with Crippen LogP contribution in [0, 0.1) is 13.8 Å². The smallest absolute Gasteiger partial charge is 0.265 e. The zero-order valence-corrected chi connectivity index (χ0v) is 21.6. The maximum absolute atomic E-state index is 12.9. The summed E-state index contributed by atoms with van der Waals surface area (Å²) < 4.78 is 16.7. The Morgan fingerprint density at radius 1 is 1.05 bits per heavy atom. The third kappa shape index (κ3) is 7.30. The van der Waals surface area contributed by atoms with Gasteiger partial charge in [0, 0.05) is 44.7 Å². The van der Waals surface area contributed by atoms with E-state index in [1.54, 1.807) is 23.1 Å². The van der Waals surface area contributed by atoms with E-state index in [0.717, 1.165) is 44.0 Å². The number of anilines is 1. The van der Waals surface area contributed by atoms with Crippen LogP contribution in [0.1, 0.15) is 34.3 Å². The molecule has 2 aliphatic rings. The first kappa shape index (κ1) is 26.6. The predicted molar refractivity (Wildman–Crippen MR) is 140 cm³/mol. The standard InChI is InChI=1S/C28H35N3O6/c1-20-5-6-21(2)26(16-20)36-18-24(32)22-7-8-25-23(17-22)31(28(34)19-37-25)10-3-4-27(33)29-9-11-30-12-14-35-15-13-30/h5-8,16-17H,3-4,9-15,18-19H2,1-2H3,(H,29,33). The molecule has 0 saturated carbocycles. The fourth-order valence-electron chi connectivity index (χ4n) is 4.37. The summed E-state index contributed by atoms with van der Waals surface area (Å²) in [5.41, 5.74) is 2.99. The molecule has 1 fully saturated rings. The van der Waals surface area contributed by atoms with Gasteiger partial charge in [-0.15, -0.1) is 0 Å². The molecule has 9 nitrogen and oxygen atoms in total. The number of rotatable bonds is 11. The van der Waals surface area contributed by atoms with Crippen molar-refractivity contribution in [2.45, 2.75) is 26.7 Å². The quantitative estimate of drug-likeness (QED) is 0.465. The van der Waals surface area contributed by atoms with Gasteiger partial charge in [0.2, 0.25) is 5.91 Å². The Bertz CT molecular complexity index is 1130. The third-order valence-electron chi connectivity index (χ3n) is 6.57. The number of ketones is 1. The highest BCUT2D eigenvalue weighted by molar-refractivity contribution is 6.02. The Hall–Kier alpha value is -3.43. The van der Waals surface area contributed by atoms with Crippen LogP contribution in [0.3, 0.4) is 0 Å². The van der Waals surface area contributed by atoms with E-state index < -0.39 is 0 Å². The van der Waals surface area contributed by atoms with E-state index in [-0.39, 0.29) is 30.8 Å². The zero-order valence-electron chi connectivity index (χ0n) is 21.6. The molecular weight excluding hydrogens is 474 g/mol. The number of aryl methyl sites for hydroxylation is 2. The number of nitrogens with one attached hydrogen (secondary N) is 1. The van der Waals surface area contributed by atoms with Crippen LogP contribution in [0.2, 0.25) is 0 Å². The minimum atomic E-state index is -0.198. The van der Waals surface area contributed by atoms with E-state index in [1.165, 1.54) is 0 Å². The second-order valence-electron chi connectivity index (χ2n) is 9.40. The SMILES string of the molecule is Cc1ccc(C)c(OCC(=O)c2ccc3c(c2)N(CCCC(=O)NCCN2CCOCC2)C(=O)CO3)c1. The summed E-state index contributed by atoms with van der Waals surface area (Å²) in [7, 11) is 0. The summed E-state index contributed by atoms with van der Waals surface area (Å²) >= 11 is 0. The average Bonchev–Trinajstić information content (AvgIpc) is 2.90. The Balaban J connectivity index is 1.30. The molecule has 2 heterocycles. The Kier molecular flexibility index (Phi) is 9.14. The van der Waals surface area contributed by atoms with Gasteiger partial charge in [0.1, 0.15) is 11.5 Å². The highest BCUT2D eigenvalue weighted by Crippen LogP contribution is 2.33. The number of ether oxygens (including phenoxy) is 3. The molecule has 198 valence electrons. The predicted octanol–water partition coefficient (Wildman–Crippen LogP) is 2.52. The number of carbonyl (C=O) groups excluding carboxylic acids is 3. The van der Waals surface area contributed by atoms with Gasteiger partial charge >= 0.3 is 0 Å². The lowest BCUT2D eigenvalue weighted by molar-refractivity contribution is -0.122. The number of fused-ring (bicyclic) bond motifs is 1. The topological polar surface area (TPSA) is 97.4 Å². The Labute approximate surface area is 217 Å². The van der Waals surface area contributed by atoms with Crippen molar-refractivity contribution in [1.29, 1.82) is 0 Å². The monoisotopic (exact) mass is 509 g/mol. The molecule has 9 heteroatoms. The minimum absolute atomic E-state index is 0.0401. The fourth-order valence-corrected chi connectivity index (χ4v) is 4.37. The van der Waals surface area contributed by atoms with Crippen molar-refractivity contribution >= 4 is 23.3 Å². The maximum atomic E-state index is 12.9. The molecule has 0 aromatic heterocycles. The summed E-state index contributed by atoms with van der Waals surface area (Å²) in [6, 6.07) is 10.9. The van der Waals surface area contributed by atoms with Crippen LogP contribution < -0.4 is 19.7 Å². The van der Waals surface area contributed by atoms with Gasteiger partial charge in [-0.1, -0.05) is 12.1 Å². The van der Waals surface area contributed by atoms with Crippen molar-refractivity contribution < 1.29 is 28.6 Å². The van der Waals surface area contributed by atoms with E-state index in [0.29, 0.717) is 48.7 Å². The molecule has 37 heavy (non-hydrogen) atoms. The number of carbonyl (C=O) groups is 3. The Morgan fingerprint density at radius 3 is 2.68 bits per heavy atom. The summed E-state index contributed by atoms with van der Waals surface area (Å²) in [4.78, 5) is 41.6. The molecule has 1 saturated heterocycles. The van der Waals surface area contributed by atoms with E-state index in [1.807, 2.05) is 32.0 Å². The Morgan fingerprint density at radius 2 is 1.86 bits per heavy atom. The van der Waals surface area contributed by atoms with Crippen LogP contribution in [0.15, 0.2) is 36.4 Å². The van der Waals surface area contributed by atoms with Crippen molar-refractivity contribution in [3.05, 3.63) is 53.1 Å². The molecule has 2 amide bonds. The van der Waals surface area contributed by atoms with Crippen LogP contribution in [0.5, 0.6) is 11.5 Å². The van der Waals surface area contributed by atoms with Gasteiger partial charge in [0.05, 0.1) is 18.9 Å². The second-order valence-corrected chi connectivity index (χ2v) is 9.40. The number of hydrogen-bond acceptors (Lipinski definition) is 7. The van der Waals surface area contributed by atoms with Gasteiger partial charge in [-0.25, -0.2) is 0 Å². The molecule has 0 aliphatic carbocycles. The molecule has 2 aromatic rings. The fraction of sp³-hybridized carbons (Fsp3) is 0.464. The molecule has 4 rings (SSSR count). The highest BCUT2D eigenvalue weighted by atomic mass is 16.5. The molecule has 0 bridgehead atoms. The summed E-state index contributed by atoms with van der Waals surface area (Å²) in [6.07, 6.45) is 0.813. The lowest BCUT2D eigenvalue weighted by atomic mass is 10.1. The summed E-state index contributed by atoms with van der Waals surface area (Å²) in [5.74, 6) is 0.788. The normalized spacial score (nSPS) is 15.6. The first-order valence-corrected chi connectivity index (χ1v) is 12.8. The van der Waals surface area contributed by atoms with Crippen molar-refractivity contribution in [1.82, 2.24) is 10.2 Å². The van der Waals surface area contributed by atoms with Gasteiger partial charge < -0.3 is 24.4 Å². The number of nitrogens with zero attached hydrogens (tertiary/aromatic N) is 2. The van der Waals surface area contributed by atoms with Crippen LogP contribution >= 0.6 is 0 Å². The van der Waals surface area contributed by atoms with E-state index in [9.17, 15) is 14.4 Å². The lowest BCUT2D eigenvalue weighted by Crippen LogP contribution is -2.41. The molecule has 0 atom stereocenters. The summed E-state index contributed by atoms with van der Waals surface area (Å²) in [6.45, 7) is 8.72. The molecular formula is C28H35N3O6. The van der Waals surface area contributed by atoms with Crippen molar-refractivity contribution in [2.24, 2.45) is 0 Å². The molecule has 2 aromatic carbocycles. The second kappa shape index (κ2) is 12.7. The molecule has 1 N–H and O–H groups in total. The number of hydrogen-bond donors (Lipinski definition) is 1. The van der Waals surface area contributed by atoms with Crippen LogP contribution in [0.25, 0.3) is 0 Å². The number of amides is 2. The molecule has 0 unspecified atom stereocenters. The van der Waals surface area contributed by atoms with E-state index in [2.05, 4.69) is 10.2 Å². The summed E-state index contributed by atoms with van der Waals surface area (Å²) in [5, 5.41) is 2.95. The van der Waals surface area contributed by atoms with Gasteiger partial charge in [-0.2, -0.15) is 0 Å². The van der Waals surface area contributed by atoms with Crippen molar-refractivity contribution in [3.8, 4) is 11.5 Å². The van der Waals surface area contributed by atoms with Gasteiger partial charge in [0.15, 0.2) is 19.0 Å². The minimum Gasteiger partial charge on any atom is -0.485 e. The first-order chi connectivity index (χ1) is 17.9. The maximum Gasteiger partial charge on any atom is 0.265 e. The molecule has 0 radical (unpaired) electrons. The van der Waals surface area contributed by atoms with Crippen molar-refractivity contribution in [3.63, 3.8) is 0 Å². The largest absolute Gasteiger partial charge is 0.485 e. The van der Waals surface area contributed by atoms with Crippen LogP contribution in [-0.2, 0) is 14.3 Å². The average molecular weight is 510 g/mol. The third-order valence-corrected chi connectivity index (χ3v) is 6.57. The zero-order chi connectivity index (χ0) is 26.2. The molecule has 0 spiro atoms.